The van der Waals surface area contributed by atoms with E-state index in [4.69, 9.17) is 9.72 Å². The molecular formula is C17H19N5OS2. The van der Waals surface area contributed by atoms with E-state index in [1.54, 1.807) is 23.1 Å². The van der Waals surface area contributed by atoms with Crippen LogP contribution in [0, 0.1) is 0 Å². The molecular weight excluding hydrogens is 354 g/mol. The SMILES string of the molecule is Cn1c(SCc2csc(-c3ccccc3)n2)nnc1N1CCOCC1. The summed E-state index contributed by atoms with van der Waals surface area (Å²) in [5.74, 6) is 1.70. The van der Waals surface area contributed by atoms with E-state index >= 15 is 0 Å². The first-order chi connectivity index (χ1) is 12.3. The lowest BCUT2D eigenvalue weighted by atomic mass is 10.2. The quantitative estimate of drug-likeness (QED) is 0.641. The summed E-state index contributed by atoms with van der Waals surface area (Å²) < 4.78 is 7.46. The van der Waals surface area contributed by atoms with Crippen molar-refractivity contribution in [2.24, 2.45) is 7.05 Å². The Balaban J connectivity index is 1.42. The second kappa shape index (κ2) is 7.55. The van der Waals surface area contributed by atoms with Crippen molar-refractivity contribution in [1.82, 2.24) is 19.7 Å². The Labute approximate surface area is 154 Å². The third-order valence-corrected chi connectivity index (χ3v) is 6.02. The van der Waals surface area contributed by atoms with Crippen molar-refractivity contribution in [1.29, 1.82) is 0 Å². The average Bonchev–Trinajstić information content (AvgIpc) is 3.28. The average molecular weight is 374 g/mol. The van der Waals surface area contributed by atoms with E-state index in [0.29, 0.717) is 0 Å². The highest BCUT2D eigenvalue weighted by molar-refractivity contribution is 7.98. The molecule has 0 aliphatic carbocycles. The summed E-state index contributed by atoms with van der Waals surface area (Å²) in [6.07, 6.45) is 0. The van der Waals surface area contributed by atoms with Gasteiger partial charge < -0.3 is 9.64 Å². The number of aromatic nitrogens is 4. The van der Waals surface area contributed by atoms with Crippen LogP contribution in [-0.4, -0.2) is 46.1 Å². The van der Waals surface area contributed by atoms with Crippen molar-refractivity contribution in [3.8, 4) is 10.6 Å². The molecule has 0 radical (unpaired) electrons. The highest BCUT2D eigenvalue weighted by atomic mass is 32.2. The van der Waals surface area contributed by atoms with Crippen LogP contribution in [0.2, 0.25) is 0 Å². The molecule has 8 heteroatoms. The molecule has 130 valence electrons. The standard InChI is InChI=1S/C17H19N5OS2/c1-21-16(22-7-9-23-10-8-22)19-20-17(21)25-12-14-11-24-15(18-14)13-5-3-2-4-6-13/h2-6,11H,7-10,12H2,1H3. The summed E-state index contributed by atoms with van der Waals surface area (Å²) >= 11 is 3.35. The van der Waals surface area contributed by atoms with Crippen molar-refractivity contribution in [2.75, 3.05) is 31.2 Å². The molecule has 0 bridgehead atoms. The Morgan fingerprint density at radius 2 is 1.96 bits per heavy atom. The van der Waals surface area contributed by atoms with Gasteiger partial charge in [-0.05, 0) is 0 Å². The van der Waals surface area contributed by atoms with Crippen LogP contribution in [0.4, 0.5) is 5.95 Å². The monoisotopic (exact) mass is 373 g/mol. The molecule has 0 amide bonds. The van der Waals surface area contributed by atoms with E-state index in [2.05, 4.69) is 37.2 Å². The second-order valence-electron chi connectivity index (χ2n) is 5.74. The Morgan fingerprint density at radius 1 is 1.16 bits per heavy atom. The molecule has 0 N–H and O–H groups in total. The minimum Gasteiger partial charge on any atom is -0.378 e. The molecule has 4 rings (SSSR count). The van der Waals surface area contributed by atoms with Crippen LogP contribution < -0.4 is 4.90 Å². The molecule has 0 atom stereocenters. The fraction of sp³-hybridized carbons (Fsp3) is 0.353. The van der Waals surface area contributed by atoms with Crippen LogP contribution in [0.3, 0.4) is 0 Å². The van der Waals surface area contributed by atoms with Crippen LogP contribution in [0.1, 0.15) is 5.69 Å². The normalized spacial score (nSPS) is 14.8. The predicted octanol–water partition coefficient (Wildman–Crippen LogP) is 3.07. The van der Waals surface area contributed by atoms with Crippen molar-refractivity contribution in [3.63, 3.8) is 0 Å². The van der Waals surface area contributed by atoms with Gasteiger partial charge in [0.2, 0.25) is 5.95 Å². The summed E-state index contributed by atoms with van der Waals surface area (Å²) in [4.78, 5) is 6.95. The zero-order valence-corrected chi connectivity index (χ0v) is 15.6. The molecule has 1 aliphatic rings. The number of nitrogens with zero attached hydrogens (tertiary/aromatic N) is 5. The van der Waals surface area contributed by atoms with E-state index in [1.165, 1.54) is 0 Å². The van der Waals surface area contributed by atoms with Gasteiger partial charge in [-0.3, -0.25) is 4.57 Å². The van der Waals surface area contributed by atoms with Gasteiger partial charge in [0.25, 0.3) is 0 Å². The summed E-state index contributed by atoms with van der Waals surface area (Å²) in [5.41, 5.74) is 2.24. The molecule has 1 fully saturated rings. The lowest BCUT2D eigenvalue weighted by Gasteiger charge is -2.27. The molecule has 0 saturated carbocycles. The minimum absolute atomic E-state index is 0.746. The molecule has 3 aromatic rings. The Kier molecular flexibility index (Phi) is 5.00. The van der Waals surface area contributed by atoms with Crippen molar-refractivity contribution in [3.05, 3.63) is 41.4 Å². The Bertz CT molecular complexity index is 827. The van der Waals surface area contributed by atoms with E-state index in [0.717, 1.165) is 59.4 Å². The van der Waals surface area contributed by atoms with Crippen molar-refractivity contribution >= 4 is 29.0 Å². The van der Waals surface area contributed by atoms with Gasteiger partial charge in [0, 0.05) is 36.8 Å². The first-order valence-electron chi connectivity index (χ1n) is 8.16. The van der Waals surface area contributed by atoms with Crippen LogP contribution >= 0.6 is 23.1 Å². The molecule has 25 heavy (non-hydrogen) atoms. The first-order valence-corrected chi connectivity index (χ1v) is 10.0. The summed E-state index contributed by atoms with van der Waals surface area (Å²) in [7, 11) is 2.02. The molecule has 0 unspecified atom stereocenters. The zero-order valence-electron chi connectivity index (χ0n) is 14.0. The molecule has 3 heterocycles. The number of rotatable bonds is 5. The van der Waals surface area contributed by atoms with Gasteiger partial charge in [0.1, 0.15) is 5.01 Å². The van der Waals surface area contributed by atoms with E-state index in [9.17, 15) is 0 Å². The summed E-state index contributed by atoms with van der Waals surface area (Å²) in [6.45, 7) is 3.22. The first kappa shape index (κ1) is 16.6. The van der Waals surface area contributed by atoms with Crippen LogP contribution in [0.5, 0.6) is 0 Å². The third-order valence-electron chi connectivity index (χ3n) is 4.03. The third kappa shape index (κ3) is 3.70. The van der Waals surface area contributed by atoms with Crippen LogP contribution in [-0.2, 0) is 17.5 Å². The maximum atomic E-state index is 5.40. The largest absolute Gasteiger partial charge is 0.378 e. The fourth-order valence-electron chi connectivity index (χ4n) is 2.70. The van der Waals surface area contributed by atoms with Crippen LogP contribution in [0.15, 0.2) is 40.9 Å². The maximum absolute atomic E-state index is 5.40. The topological polar surface area (TPSA) is 56.1 Å². The van der Waals surface area contributed by atoms with Gasteiger partial charge >= 0.3 is 0 Å². The highest BCUT2D eigenvalue weighted by Gasteiger charge is 2.18. The molecule has 2 aromatic heterocycles. The van der Waals surface area contributed by atoms with E-state index in [-0.39, 0.29) is 0 Å². The van der Waals surface area contributed by atoms with Gasteiger partial charge in [-0.2, -0.15) is 0 Å². The van der Waals surface area contributed by atoms with E-state index < -0.39 is 0 Å². The maximum Gasteiger partial charge on any atom is 0.227 e. The van der Waals surface area contributed by atoms with Crippen molar-refractivity contribution in [2.45, 2.75) is 10.9 Å². The second-order valence-corrected chi connectivity index (χ2v) is 7.54. The smallest absolute Gasteiger partial charge is 0.227 e. The summed E-state index contributed by atoms with van der Waals surface area (Å²) in [5, 5.41) is 12.8. The molecule has 0 spiro atoms. The van der Waals surface area contributed by atoms with Gasteiger partial charge in [-0.15, -0.1) is 21.5 Å². The fourth-order valence-corrected chi connectivity index (χ4v) is 4.43. The van der Waals surface area contributed by atoms with Gasteiger partial charge in [0.05, 0.1) is 18.9 Å². The number of thiazole rings is 1. The van der Waals surface area contributed by atoms with E-state index in [1.807, 2.05) is 25.2 Å². The minimum atomic E-state index is 0.746. The number of ether oxygens (including phenoxy) is 1. The Hall–Kier alpha value is -1.90. The molecule has 6 nitrogen and oxygen atoms in total. The van der Waals surface area contributed by atoms with Gasteiger partial charge in [-0.1, -0.05) is 42.1 Å². The lowest BCUT2D eigenvalue weighted by molar-refractivity contribution is 0.121. The van der Waals surface area contributed by atoms with Gasteiger partial charge in [0.15, 0.2) is 5.16 Å². The number of hydrogen-bond donors (Lipinski definition) is 0. The number of benzene rings is 1. The number of anilines is 1. The highest BCUT2D eigenvalue weighted by Crippen LogP contribution is 2.28. The number of thioether (sulfide) groups is 1. The zero-order chi connectivity index (χ0) is 17.1. The van der Waals surface area contributed by atoms with Crippen LogP contribution in [0.25, 0.3) is 10.6 Å². The number of morpholine rings is 1. The lowest BCUT2D eigenvalue weighted by Crippen LogP contribution is -2.37. The Morgan fingerprint density at radius 3 is 2.76 bits per heavy atom. The van der Waals surface area contributed by atoms with Gasteiger partial charge in [-0.25, -0.2) is 4.98 Å². The molecule has 1 saturated heterocycles. The molecule has 1 aromatic carbocycles. The molecule has 1 aliphatic heterocycles. The summed E-state index contributed by atoms with van der Waals surface area (Å²) in [6, 6.07) is 10.3. The number of hydrogen-bond acceptors (Lipinski definition) is 7. The van der Waals surface area contributed by atoms with Crippen molar-refractivity contribution < 1.29 is 4.74 Å². The predicted molar refractivity (Wildman–Crippen MR) is 101 cm³/mol.